The fraction of sp³-hybridized carbons (Fsp3) is 1.00. The molecule has 0 aromatic rings. The number of nitrogens with zero attached hydrogens (tertiary/aromatic N) is 1. The largest absolute Gasteiger partial charge is 0.313 e. The lowest BCUT2D eigenvalue weighted by atomic mass is 10.2. The van der Waals surface area contributed by atoms with E-state index < -0.39 is 25.1 Å². The van der Waals surface area contributed by atoms with Crippen LogP contribution in [-0.2, 0) is 19.9 Å². The maximum Gasteiger partial charge on any atom is 0.218 e. The Morgan fingerprint density at radius 3 is 2.39 bits per heavy atom. The third-order valence-electron chi connectivity index (χ3n) is 3.55. The van der Waals surface area contributed by atoms with Crippen molar-refractivity contribution >= 4 is 19.9 Å². The summed E-state index contributed by atoms with van der Waals surface area (Å²) in [5, 5.41) is 2.31. The normalized spacial score (nSPS) is 28.4. The van der Waals surface area contributed by atoms with E-state index in [4.69, 9.17) is 0 Å². The van der Waals surface area contributed by atoms with Crippen LogP contribution in [0.1, 0.15) is 19.8 Å². The number of sulfonamides is 1. The predicted molar refractivity (Wildman–Crippen MR) is 69.6 cm³/mol. The molecule has 2 heterocycles. The molecule has 0 bridgehead atoms. The average Bonchev–Trinajstić information content (AvgIpc) is 2.56. The lowest BCUT2D eigenvalue weighted by Gasteiger charge is -2.38. The van der Waals surface area contributed by atoms with Gasteiger partial charge in [0, 0.05) is 25.7 Å². The molecular weight excluding hydrogens is 276 g/mol. The lowest BCUT2D eigenvalue weighted by Crippen LogP contribution is -2.60. The van der Waals surface area contributed by atoms with Gasteiger partial charge < -0.3 is 5.32 Å². The summed E-state index contributed by atoms with van der Waals surface area (Å²) in [6, 6.07) is -0.00162. The van der Waals surface area contributed by atoms with E-state index in [9.17, 15) is 16.8 Å². The lowest BCUT2D eigenvalue weighted by molar-refractivity contribution is 0.240. The zero-order valence-corrected chi connectivity index (χ0v) is 12.1. The molecule has 0 aromatic heterocycles. The van der Waals surface area contributed by atoms with Crippen molar-refractivity contribution in [2.45, 2.75) is 31.1 Å². The standard InChI is InChI=1S/C10H20N2O4S2/c1-2-4-12(9-6-11-7-9)18(15,16)10-3-5-17(13,14)8-10/h9-11H,2-8H2,1H3. The molecule has 0 amide bonds. The third kappa shape index (κ3) is 2.71. The van der Waals surface area contributed by atoms with Gasteiger partial charge in [-0.3, -0.25) is 0 Å². The van der Waals surface area contributed by atoms with Crippen LogP contribution in [0.25, 0.3) is 0 Å². The maximum atomic E-state index is 12.5. The van der Waals surface area contributed by atoms with Gasteiger partial charge in [0.25, 0.3) is 0 Å². The number of hydrogen-bond donors (Lipinski definition) is 1. The van der Waals surface area contributed by atoms with Crippen molar-refractivity contribution < 1.29 is 16.8 Å². The van der Waals surface area contributed by atoms with Gasteiger partial charge in [0.1, 0.15) is 0 Å². The van der Waals surface area contributed by atoms with E-state index in [1.165, 1.54) is 4.31 Å². The molecule has 0 spiro atoms. The van der Waals surface area contributed by atoms with Crippen molar-refractivity contribution in [1.29, 1.82) is 0 Å². The number of nitrogens with one attached hydrogen (secondary N) is 1. The van der Waals surface area contributed by atoms with Crippen molar-refractivity contribution in [2.24, 2.45) is 0 Å². The van der Waals surface area contributed by atoms with Crippen molar-refractivity contribution in [3.63, 3.8) is 0 Å². The molecule has 1 atom stereocenters. The highest BCUT2D eigenvalue weighted by molar-refractivity contribution is 7.95. The van der Waals surface area contributed by atoms with Crippen LogP contribution in [0.4, 0.5) is 0 Å². The van der Waals surface area contributed by atoms with Crippen LogP contribution in [0.5, 0.6) is 0 Å². The van der Waals surface area contributed by atoms with E-state index in [0.29, 0.717) is 19.6 Å². The molecule has 2 fully saturated rings. The molecule has 2 aliphatic heterocycles. The van der Waals surface area contributed by atoms with Crippen LogP contribution >= 0.6 is 0 Å². The van der Waals surface area contributed by atoms with Crippen LogP contribution in [0.2, 0.25) is 0 Å². The van der Waals surface area contributed by atoms with Gasteiger partial charge in [-0.25, -0.2) is 16.8 Å². The Balaban J connectivity index is 2.17. The summed E-state index contributed by atoms with van der Waals surface area (Å²) < 4.78 is 49.3. The van der Waals surface area contributed by atoms with Gasteiger partial charge in [-0.15, -0.1) is 0 Å². The van der Waals surface area contributed by atoms with Crippen LogP contribution in [-0.4, -0.2) is 63.6 Å². The molecule has 0 saturated carbocycles. The molecule has 18 heavy (non-hydrogen) atoms. The van der Waals surface area contributed by atoms with E-state index in [1.807, 2.05) is 6.92 Å². The zero-order chi connectivity index (χ0) is 13.4. The summed E-state index contributed by atoms with van der Waals surface area (Å²) in [5.41, 5.74) is 0. The van der Waals surface area contributed by atoms with Crippen molar-refractivity contribution in [1.82, 2.24) is 9.62 Å². The van der Waals surface area contributed by atoms with Crippen LogP contribution < -0.4 is 5.32 Å². The Kier molecular flexibility index (Phi) is 4.01. The minimum Gasteiger partial charge on any atom is -0.313 e. The first-order valence-electron chi connectivity index (χ1n) is 6.28. The Bertz CT molecular complexity index is 496. The Morgan fingerprint density at radius 1 is 1.33 bits per heavy atom. The van der Waals surface area contributed by atoms with E-state index in [2.05, 4.69) is 5.32 Å². The van der Waals surface area contributed by atoms with Crippen molar-refractivity contribution in [3.8, 4) is 0 Å². The molecule has 8 heteroatoms. The highest BCUT2D eigenvalue weighted by Gasteiger charge is 2.43. The van der Waals surface area contributed by atoms with Gasteiger partial charge >= 0.3 is 0 Å². The SMILES string of the molecule is CCCN(C1CNC1)S(=O)(=O)C1CCS(=O)(=O)C1. The van der Waals surface area contributed by atoms with E-state index in [0.717, 1.165) is 6.42 Å². The number of rotatable bonds is 5. The summed E-state index contributed by atoms with van der Waals surface area (Å²) in [6.07, 6.45) is 0.986. The minimum absolute atomic E-state index is 0.000220. The van der Waals surface area contributed by atoms with Gasteiger partial charge in [-0.05, 0) is 12.8 Å². The zero-order valence-electron chi connectivity index (χ0n) is 10.5. The first-order valence-corrected chi connectivity index (χ1v) is 9.61. The van der Waals surface area contributed by atoms with Crippen LogP contribution in [0.15, 0.2) is 0 Å². The molecule has 0 aliphatic carbocycles. The molecule has 0 radical (unpaired) electrons. The van der Waals surface area contributed by atoms with E-state index >= 15 is 0 Å². The van der Waals surface area contributed by atoms with Crippen molar-refractivity contribution in [3.05, 3.63) is 0 Å². The molecule has 1 N–H and O–H groups in total. The van der Waals surface area contributed by atoms with Gasteiger partial charge in [0.2, 0.25) is 10.0 Å². The van der Waals surface area contributed by atoms with E-state index in [1.54, 1.807) is 0 Å². The highest BCUT2D eigenvalue weighted by atomic mass is 32.2. The van der Waals surface area contributed by atoms with Gasteiger partial charge in [-0.1, -0.05) is 6.92 Å². The second-order valence-corrected chi connectivity index (χ2v) is 9.39. The number of sulfone groups is 1. The third-order valence-corrected chi connectivity index (χ3v) is 7.91. The summed E-state index contributed by atoms with van der Waals surface area (Å²) in [7, 11) is -6.64. The summed E-state index contributed by atoms with van der Waals surface area (Å²) >= 11 is 0. The maximum absolute atomic E-state index is 12.5. The fourth-order valence-electron chi connectivity index (χ4n) is 2.40. The highest BCUT2D eigenvalue weighted by Crippen LogP contribution is 2.24. The van der Waals surface area contributed by atoms with Gasteiger partial charge in [-0.2, -0.15) is 4.31 Å². The molecule has 6 nitrogen and oxygen atoms in total. The quantitative estimate of drug-likeness (QED) is 0.717. The molecule has 2 aliphatic rings. The smallest absolute Gasteiger partial charge is 0.218 e. The molecule has 2 rings (SSSR count). The first-order chi connectivity index (χ1) is 8.37. The van der Waals surface area contributed by atoms with Crippen LogP contribution in [0.3, 0.4) is 0 Å². The topological polar surface area (TPSA) is 83.6 Å². The predicted octanol–water partition coefficient (Wildman–Crippen LogP) is -0.813. The first kappa shape index (κ1) is 14.2. The molecule has 106 valence electrons. The number of hydrogen-bond acceptors (Lipinski definition) is 5. The molecule has 1 unspecified atom stereocenters. The van der Waals surface area contributed by atoms with Crippen LogP contribution in [0, 0.1) is 0 Å². The average molecular weight is 296 g/mol. The molecular formula is C10H20N2O4S2. The second kappa shape index (κ2) is 5.07. The minimum atomic E-state index is -3.48. The summed E-state index contributed by atoms with van der Waals surface area (Å²) in [4.78, 5) is 0. The Labute approximate surface area is 109 Å². The van der Waals surface area contributed by atoms with Gasteiger partial charge in [0.15, 0.2) is 9.84 Å². The summed E-state index contributed by atoms with van der Waals surface area (Å²) in [5.74, 6) is -0.213. The summed E-state index contributed by atoms with van der Waals surface area (Å²) in [6.45, 7) is 3.74. The monoisotopic (exact) mass is 296 g/mol. The van der Waals surface area contributed by atoms with Gasteiger partial charge in [0.05, 0.1) is 16.8 Å². The Hall–Kier alpha value is -0.180. The van der Waals surface area contributed by atoms with E-state index in [-0.39, 0.29) is 24.0 Å². The van der Waals surface area contributed by atoms with Crippen molar-refractivity contribution in [2.75, 3.05) is 31.1 Å². The Morgan fingerprint density at radius 2 is 2.00 bits per heavy atom. The molecule has 0 aromatic carbocycles. The molecule has 2 saturated heterocycles. The fourth-order valence-corrected chi connectivity index (χ4v) is 7.21. The second-order valence-electron chi connectivity index (χ2n) is 4.99.